The summed E-state index contributed by atoms with van der Waals surface area (Å²) in [4.78, 5) is 9.28. The van der Waals surface area contributed by atoms with Crippen molar-refractivity contribution in [3.63, 3.8) is 0 Å². The summed E-state index contributed by atoms with van der Waals surface area (Å²) in [6.45, 7) is 3.28. The Bertz CT molecular complexity index is 498. The van der Waals surface area contributed by atoms with Crippen LogP contribution in [-0.4, -0.2) is 35.6 Å². The third kappa shape index (κ3) is 2.45. The number of fused-ring (bicyclic) bond motifs is 3. The molecule has 1 aromatic rings. The third-order valence-corrected chi connectivity index (χ3v) is 7.24. The molecule has 2 saturated heterocycles. The molecule has 3 unspecified atom stereocenters. The van der Waals surface area contributed by atoms with Gasteiger partial charge in [-0.1, -0.05) is 6.92 Å². The highest BCUT2D eigenvalue weighted by molar-refractivity contribution is 7.12. The Morgan fingerprint density at radius 3 is 2.71 bits per heavy atom. The van der Waals surface area contributed by atoms with Gasteiger partial charge in [-0.3, -0.25) is 0 Å². The van der Waals surface area contributed by atoms with Gasteiger partial charge in [0.05, 0.1) is 10.7 Å². The molecule has 3 aliphatic rings. The topological polar surface area (TPSA) is 28.2 Å². The van der Waals surface area contributed by atoms with Crippen LogP contribution in [0.15, 0.2) is 0 Å². The Hall–Kier alpha value is -0.450. The lowest BCUT2D eigenvalue weighted by Crippen LogP contribution is -2.39. The predicted molar refractivity (Wildman–Crippen MR) is 88.0 cm³/mol. The molecule has 3 nitrogen and oxygen atoms in total. The van der Waals surface area contributed by atoms with Gasteiger partial charge >= 0.3 is 0 Å². The summed E-state index contributed by atoms with van der Waals surface area (Å²) in [5.41, 5.74) is 1.42. The molecule has 2 fully saturated rings. The van der Waals surface area contributed by atoms with Gasteiger partial charge in [-0.2, -0.15) is 0 Å². The predicted octanol–water partition coefficient (Wildman–Crippen LogP) is 3.47. The highest BCUT2D eigenvalue weighted by atomic mass is 32.1. The van der Waals surface area contributed by atoms with E-state index in [9.17, 15) is 0 Å². The van der Waals surface area contributed by atoms with Gasteiger partial charge in [0.15, 0.2) is 0 Å². The molecular weight excluding hydrogens is 278 g/mol. The molecule has 0 spiro atoms. The molecule has 1 aromatic heterocycles. The first-order valence-electron chi connectivity index (χ1n) is 8.71. The van der Waals surface area contributed by atoms with E-state index >= 15 is 0 Å². The second-order valence-electron chi connectivity index (χ2n) is 7.08. The first-order chi connectivity index (χ1) is 10.3. The van der Waals surface area contributed by atoms with Crippen LogP contribution in [0.2, 0.25) is 0 Å². The largest absolute Gasteiger partial charge is 0.309 e. The minimum atomic E-state index is 0.577. The van der Waals surface area contributed by atoms with Crippen LogP contribution in [0.25, 0.3) is 0 Å². The van der Waals surface area contributed by atoms with Crippen molar-refractivity contribution in [2.45, 2.75) is 75.9 Å². The average molecular weight is 305 g/mol. The smallest absolute Gasteiger partial charge is 0.0963 e. The number of aryl methyl sites for hydroxylation is 1. The quantitative estimate of drug-likeness (QED) is 0.927. The zero-order chi connectivity index (χ0) is 14.4. The Morgan fingerprint density at radius 1 is 1.24 bits per heavy atom. The fourth-order valence-electron chi connectivity index (χ4n) is 4.67. The number of thiazole rings is 1. The molecule has 1 N–H and O–H groups in total. The molecule has 2 bridgehead atoms. The Balaban J connectivity index is 1.57. The minimum absolute atomic E-state index is 0.577. The number of nitrogens with zero attached hydrogens (tertiary/aromatic N) is 2. The van der Waals surface area contributed by atoms with Gasteiger partial charge in [0.1, 0.15) is 0 Å². The SMILES string of the molecule is CCNC1CCCc2nc(C3CC4CCC(C3)N4C)sc21. The molecule has 4 rings (SSSR count). The van der Waals surface area contributed by atoms with Gasteiger partial charge < -0.3 is 10.2 Å². The van der Waals surface area contributed by atoms with E-state index in [4.69, 9.17) is 4.98 Å². The normalized spacial score (nSPS) is 35.9. The molecule has 0 amide bonds. The number of aromatic nitrogens is 1. The summed E-state index contributed by atoms with van der Waals surface area (Å²) >= 11 is 2.03. The molecule has 0 saturated carbocycles. The van der Waals surface area contributed by atoms with Crippen LogP contribution < -0.4 is 5.32 Å². The van der Waals surface area contributed by atoms with E-state index in [1.165, 1.54) is 55.6 Å². The molecule has 3 heterocycles. The van der Waals surface area contributed by atoms with E-state index < -0.39 is 0 Å². The Morgan fingerprint density at radius 2 is 2.00 bits per heavy atom. The van der Waals surface area contributed by atoms with E-state index in [2.05, 4.69) is 24.2 Å². The van der Waals surface area contributed by atoms with Gasteiger partial charge in [0.2, 0.25) is 0 Å². The van der Waals surface area contributed by atoms with Crippen LogP contribution in [0.1, 0.15) is 73.0 Å². The van der Waals surface area contributed by atoms with Crippen LogP contribution in [0, 0.1) is 0 Å². The molecule has 0 aromatic carbocycles. The van der Waals surface area contributed by atoms with Crippen LogP contribution in [-0.2, 0) is 6.42 Å². The van der Waals surface area contributed by atoms with Gasteiger partial charge in [-0.15, -0.1) is 11.3 Å². The van der Waals surface area contributed by atoms with Crippen molar-refractivity contribution in [1.82, 2.24) is 15.2 Å². The van der Waals surface area contributed by atoms with E-state index in [1.807, 2.05) is 11.3 Å². The van der Waals surface area contributed by atoms with Crippen LogP contribution in [0.4, 0.5) is 0 Å². The number of rotatable bonds is 3. The lowest BCUT2D eigenvalue weighted by Gasteiger charge is -2.35. The number of nitrogens with one attached hydrogen (secondary N) is 1. The molecule has 3 atom stereocenters. The molecule has 116 valence electrons. The minimum Gasteiger partial charge on any atom is -0.309 e. The van der Waals surface area contributed by atoms with Crippen molar-refractivity contribution in [2.75, 3.05) is 13.6 Å². The Labute approximate surface area is 132 Å². The average Bonchev–Trinajstić information content (AvgIpc) is 2.98. The fourth-order valence-corrected chi connectivity index (χ4v) is 6.02. The fraction of sp³-hybridized carbons (Fsp3) is 0.824. The maximum absolute atomic E-state index is 5.09. The van der Waals surface area contributed by atoms with Gasteiger partial charge in [-0.05, 0) is 58.5 Å². The molecule has 1 aliphatic carbocycles. The second-order valence-corrected chi connectivity index (χ2v) is 8.15. The maximum Gasteiger partial charge on any atom is 0.0963 e. The monoisotopic (exact) mass is 305 g/mol. The zero-order valence-corrected chi connectivity index (χ0v) is 14.1. The zero-order valence-electron chi connectivity index (χ0n) is 13.3. The van der Waals surface area contributed by atoms with Crippen molar-refractivity contribution < 1.29 is 0 Å². The summed E-state index contributed by atoms with van der Waals surface area (Å²) in [6, 6.07) is 2.21. The standard InChI is InChI=1S/C17H27N3S/c1-3-18-14-5-4-6-15-16(14)21-17(19-15)11-9-12-7-8-13(10-11)20(12)2/h11-14,18H,3-10H2,1-2H3. The van der Waals surface area contributed by atoms with Crippen molar-refractivity contribution in [3.8, 4) is 0 Å². The number of hydrogen-bond acceptors (Lipinski definition) is 4. The summed E-state index contributed by atoms with van der Waals surface area (Å²) in [7, 11) is 2.33. The highest BCUT2D eigenvalue weighted by Gasteiger charge is 2.40. The second kappa shape index (κ2) is 5.64. The summed E-state index contributed by atoms with van der Waals surface area (Å²) in [5, 5.41) is 5.11. The number of piperidine rings is 1. The van der Waals surface area contributed by atoms with E-state index in [-0.39, 0.29) is 0 Å². The maximum atomic E-state index is 5.09. The Kier molecular flexibility index (Phi) is 3.80. The van der Waals surface area contributed by atoms with Crippen molar-refractivity contribution in [1.29, 1.82) is 0 Å². The molecule has 0 radical (unpaired) electrons. The van der Waals surface area contributed by atoms with Crippen LogP contribution >= 0.6 is 11.3 Å². The molecular formula is C17H27N3S. The van der Waals surface area contributed by atoms with Gasteiger partial charge in [0.25, 0.3) is 0 Å². The van der Waals surface area contributed by atoms with Gasteiger partial charge in [-0.25, -0.2) is 4.98 Å². The summed E-state index contributed by atoms with van der Waals surface area (Å²) in [5.74, 6) is 0.733. The van der Waals surface area contributed by atoms with Crippen molar-refractivity contribution in [2.24, 2.45) is 0 Å². The lowest BCUT2D eigenvalue weighted by molar-refractivity contribution is 0.161. The van der Waals surface area contributed by atoms with Gasteiger partial charge in [0, 0.05) is 28.9 Å². The van der Waals surface area contributed by atoms with Crippen molar-refractivity contribution in [3.05, 3.63) is 15.6 Å². The third-order valence-electron chi connectivity index (χ3n) is 5.86. The van der Waals surface area contributed by atoms with E-state index in [0.717, 1.165) is 24.5 Å². The van der Waals surface area contributed by atoms with E-state index in [1.54, 1.807) is 4.88 Å². The lowest BCUT2D eigenvalue weighted by atomic mass is 9.91. The first kappa shape index (κ1) is 14.2. The molecule has 4 heteroatoms. The first-order valence-corrected chi connectivity index (χ1v) is 9.52. The molecule has 2 aliphatic heterocycles. The van der Waals surface area contributed by atoms with E-state index in [0.29, 0.717) is 6.04 Å². The van der Waals surface area contributed by atoms with Crippen molar-refractivity contribution >= 4 is 11.3 Å². The summed E-state index contributed by atoms with van der Waals surface area (Å²) < 4.78 is 0. The highest BCUT2D eigenvalue weighted by Crippen LogP contribution is 2.45. The number of hydrogen-bond donors (Lipinski definition) is 1. The van der Waals surface area contributed by atoms with Crippen LogP contribution in [0.5, 0.6) is 0 Å². The summed E-state index contributed by atoms with van der Waals surface area (Å²) in [6.07, 6.45) is 9.28. The molecule has 21 heavy (non-hydrogen) atoms. The van der Waals surface area contributed by atoms with Crippen LogP contribution in [0.3, 0.4) is 0 Å².